The molecule has 0 saturated carbocycles. The normalized spacial score (nSPS) is 11.6. The third-order valence-electron chi connectivity index (χ3n) is 1.31. The van der Waals surface area contributed by atoms with Crippen molar-refractivity contribution in [2.45, 2.75) is 4.90 Å². The maximum atomic E-state index is 10.7. The minimum absolute atomic E-state index is 0. The van der Waals surface area contributed by atoms with Gasteiger partial charge in [0.05, 0.1) is 7.11 Å². The molecule has 0 fully saturated rings. The van der Waals surface area contributed by atoms with Crippen molar-refractivity contribution in [1.29, 1.82) is 0 Å². The Bertz CT molecular complexity index is 324. The van der Waals surface area contributed by atoms with Gasteiger partial charge in [-0.1, -0.05) is 15.9 Å². The molecule has 1 rings (SSSR count). The minimum Gasteiger partial charge on any atom is -1.00 e. The van der Waals surface area contributed by atoms with E-state index in [1.54, 1.807) is 18.2 Å². The third kappa shape index (κ3) is 3.69. The summed E-state index contributed by atoms with van der Waals surface area (Å²) in [6.45, 7) is 0. The SMILES string of the molecule is COc1ccc(Br)cc1S(=O)O.[H-].[Na+]. The van der Waals surface area contributed by atoms with E-state index < -0.39 is 11.1 Å². The van der Waals surface area contributed by atoms with Gasteiger partial charge in [-0.05, 0) is 18.2 Å². The molecule has 3 nitrogen and oxygen atoms in total. The average Bonchev–Trinajstić information content (AvgIpc) is 2.04. The predicted octanol–water partition coefficient (Wildman–Crippen LogP) is -0.845. The van der Waals surface area contributed by atoms with Crippen LogP contribution in [0, 0.1) is 0 Å². The fourth-order valence-electron chi connectivity index (χ4n) is 0.787. The van der Waals surface area contributed by atoms with Gasteiger partial charge in [0, 0.05) is 4.47 Å². The zero-order valence-electron chi connectivity index (χ0n) is 8.28. The van der Waals surface area contributed by atoms with E-state index in [1.807, 2.05) is 0 Å². The molecule has 0 heterocycles. The second kappa shape index (κ2) is 6.16. The van der Waals surface area contributed by atoms with Crippen molar-refractivity contribution in [1.82, 2.24) is 0 Å². The molecule has 1 N–H and O–H groups in total. The van der Waals surface area contributed by atoms with E-state index in [-0.39, 0.29) is 35.9 Å². The van der Waals surface area contributed by atoms with E-state index in [0.29, 0.717) is 5.75 Å². The summed E-state index contributed by atoms with van der Waals surface area (Å²) in [4.78, 5) is 0.270. The van der Waals surface area contributed by atoms with Crippen LogP contribution in [0.15, 0.2) is 27.6 Å². The van der Waals surface area contributed by atoms with E-state index >= 15 is 0 Å². The Balaban J connectivity index is 0. The van der Waals surface area contributed by atoms with E-state index in [4.69, 9.17) is 9.29 Å². The molecule has 0 bridgehead atoms. The zero-order valence-corrected chi connectivity index (χ0v) is 11.7. The first-order valence-corrected chi connectivity index (χ1v) is 4.99. The van der Waals surface area contributed by atoms with Crippen molar-refractivity contribution in [2.75, 3.05) is 7.11 Å². The van der Waals surface area contributed by atoms with Gasteiger partial charge in [0.15, 0.2) is 11.1 Å². The molecule has 13 heavy (non-hydrogen) atoms. The van der Waals surface area contributed by atoms with Crippen LogP contribution in [0.3, 0.4) is 0 Å². The number of ether oxygens (including phenoxy) is 1. The van der Waals surface area contributed by atoms with Gasteiger partial charge in [-0.15, -0.1) is 0 Å². The molecule has 0 aliphatic heterocycles. The van der Waals surface area contributed by atoms with Crippen LogP contribution in [-0.2, 0) is 11.1 Å². The fourth-order valence-corrected chi connectivity index (χ4v) is 1.85. The summed E-state index contributed by atoms with van der Waals surface area (Å²) < 4.78 is 25.2. The smallest absolute Gasteiger partial charge is 1.00 e. The van der Waals surface area contributed by atoms with Gasteiger partial charge in [-0.25, -0.2) is 4.21 Å². The van der Waals surface area contributed by atoms with Crippen LogP contribution in [-0.4, -0.2) is 15.9 Å². The Labute approximate surface area is 111 Å². The van der Waals surface area contributed by atoms with Gasteiger partial charge in [0.1, 0.15) is 10.6 Å². The number of halogens is 1. The van der Waals surface area contributed by atoms with Crippen molar-refractivity contribution in [2.24, 2.45) is 0 Å². The second-order valence-corrected chi connectivity index (χ2v) is 3.90. The first kappa shape index (κ1) is 13.6. The van der Waals surface area contributed by atoms with Crippen LogP contribution >= 0.6 is 15.9 Å². The molecule has 1 aromatic rings. The van der Waals surface area contributed by atoms with Crippen molar-refractivity contribution in [3.63, 3.8) is 0 Å². The summed E-state index contributed by atoms with van der Waals surface area (Å²) in [5.74, 6) is 0.416. The van der Waals surface area contributed by atoms with E-state index in [2.05, 4.69) is 15.9 Å². The van der Waals surface area contributed by atoms with Crippen molar-refractivity contribution >= 4 is 27.0 Å². The van der Waals surface area contributed by atoms with Crippen LogP contribution in [0.4, 0.5) is 0 Å². The molecule has 68 valence electrons. The number of methoxy groups -OCH3 is 1. The van der Waals surface area contributed by atoms with Gasteiger partial charge in [-0.2, -0.15) is 0 Å². The molecule has 0 aliphatic carbocycles. The Morgan fingerprint density at radius 2 is 2.23 bits per heavy atom. The topological polar surface area (TPSA) is 46.5 Å². The molecule has 0 aromatic heterocycles. The fraction of sp³-hybridized carbons (Fsp3) is 0.143. The van der Waals surface area contributed by atoms with E-state index in [9.17, 15) is 4.21 Å². The molecule has 0 saturated heterocycles. The Morgan fingerprint density at radius 3 is 2.69 bits per heavy atom. The van der Waals surface area contributed by atoms with Gasteiger partial charge >= 0.3 is 29.6 Å². The Morgan fingerprint density at radius 1 is 1.62 bits per heavy atom. The monoisotopic (exact) mass is 274 g/mol. The van der Waals surface area contributed by atoms with Gasteiger partial charge in [0.2, 0.25) is 0 Å². The maximum Gasteiger partial charge on any atom is 1.00 e. The minimum atomic E-state index is -2.01. The van der Waals surface area contributed by atoms with Gasteiger partial charge in [-0.3, -0.25) is 0 Å². The standard InChI is InChI=1S/C7H7BrO3S.Na.H/c1-11-6-3-2-5(8)4-7(6)12(9)10;;/h2-4H,1H3,(H,9,10);;/q;+1;-1. The number of benzene rings is 1. The van der Waals surface area contributed by atoms with Crippen LogP contribution in [0.2, 0.25) is 0 Å². The van der Waals surface area contributed by atoms with Crippen LogP contribution in [0.1, 0.15) is 1.43 Å². The van der Waals surface area contributed by atoms with E-state index in [1.165, 1.54) is 7.11 Å². The summed E-state index contributed by atoms with van der Waals surface area (Å²) in [6.07, 6.45) is 0. The van der Waals surface area contributed by atoms with Crippen LogP contribution in [0.5, 0.6) is 5.75 Å². The van der Waals surface area contributed by atoms with Crippen molar-refractivity contribution in [3.05, 3.63) is 22.7 Å². The number of hydrogen-bond donors (Lipinski definition) is 1. The molecule has 0 radical (unpaired) electrons. The third-order valence-corrected chi connectivity index (χ3v) is 2.50. The molecular weight excluding hydrogens is 267 g/mol. The summed E-state index contributed by atoms with van der Waals surface area (Å²) in [6, 6.07) is 4.93. The molecule has 0 aliphatic rings. The number of rotatable bonds is 2. The van der Waals surface area contributed by atoms with Gasteiger partial charge < -0.3 is 10.7 Å². The van der Waals surface area contributed by atoms with Crippen LogP contribution in [0.25, 0.3) is 0 Å². The quantitative estimate of drug-likeness (QED) is 0.565. The average molecular weight is 275 g/mol. The Kier molecular flexibility index (Phi) is 6.45. The largest absolute Gasteiger partial charge is 1.00 e. The van der Waals surface area contributed by atoms with Crippen molar-refractivity contribution < 1.29 is 44.5 Å². The predicted molar refractivity (Wildman–Crippen MR) is 50.8 cm³/mol. The molecule has 1 unspecified atom stereocenters. The zero-order chi connectivity index (χ0) is 9.14. The number of hydrogen-bond acceptors (Lipinski definition) is 2. The second-order valence-electron chi connectivity index (χ2n) is 2.04. The first-order valence-electron chi connectivity index (χ1n) is 3.09. The summed E-state index contributed by atoms with van der Waals surface area (Å²) >= 11 is 1.19. The first-order chi connectivity index (χ1) is 5.65. The van der Waals surface area contributed by atoms with Crippen LogP contribution < -0.4 is 34.3 Å². The molecule has 0 spiro atoms. The summed E-state index contributed by atoms with van der Waals surface area (Å²) in [5, 5.41) is 0. The molecule has 0 amide bonds. The summed E-state index contributed by atoms with van der Waals surface area (Å²) in [5.41, 5.74) is 0. The van der Waals surface area contributed by atoms with Crippen molar-refractivity contribution in [3.8, 4) is 5.75 Å². The summed E-state index contributed by atoms with van der Waals surface area (Å²) in [7, 11) is 1.46. The van der Waals surface area contributed by atoms with Gasteiger partial charge in [0.25, 0.3) is 0 Å². The molecule has 1 aromatic carbocycles. The molecule has 1 atom stereocenters. The molecule has 6 heteroatoms. The Hall–Kier alpha value is 0.610. The molecular formula is C7H8BrNaO3S. The maximum absolute atomic E-state index is 10.7. The van der Waals surface area contributed by atoms with E-state index in [0.717, 1.165) is 4.47 Å².